The first-order valence-electron chi connectivity index (χ1n) is 10.9. The van der Waals surface area contributed by atoms with Gasteiger partial charge in [-0.25, -0.2) is 22.0 Å². The van der Waals surface area contributed by atoms with E-state index in [-0.39, 0.29) is 6.42 Å². The van der Waals surface area contributed by atoms with Gasteiger partial charge in [0.25, 0.3) is 14.3 Å². The maximum atomic E-state index is 14.0. The van der Waals surface area contributed by atoms with E-state index in [1.54, 1.807) is 0 Å². The van der Waals surface area contributed by atoms with Crippen molar-refractivity contribution in [2.45, 2.75) is 97.1 Å². The molecular formula is C22H33F5O2Si. The molecule has 0 saturated carbocycles. The molecule has 172 valence electrons. The Morgan fingerprint density at radius 3 is 1.47 bits per heavy atom. The van der Waals surface area contributed by atoms with Crippen molar-refractivity contribution in [1.29, 1.82) is 0 Å². The summed E-state index contributed by atoms with van der Waals surface area (Å²) in [7, 11) is -3.66. The molecule has 0 spiro atoms. The molecule has 0 atom stereocenters. The van der Waals surface area contributed by atoms with Crippen molar-refractivity contribution in [3.05, 3.63) is 29.1 Å². The van der Waals surface area contributed by atoms with E-state index in [1.807, 2.05) is 0 Å². The summed E-state index contributed by atoms with van der Waals surface area (Å²) in [5, 5.41) is -1.01. The number of hydrogen-bond donors (Lipinski definition) is 0. The van der Waals surface area contributed by atoms with E-state index in [2.05, 4.69) is 6.92 Å². The Morgan fingerprint density at radius 1 is 0.667 bits per heavy atom. The molecule has 0 unspecified atom stereocenters. The summed E-state index contributed by atoms with van der Waals surface area (Å²) in [6.07, 6.45) is 12.3. The topological polar surface area (TPSA) is 26.3 Å². The van der Waals surface area contributed by atoms with E-state index >= 15 is 0 Å². The standard InChI is InChI=1S/C22H33F5O2Si/c1-4-5-6-7-8-9-10-11-12-13-14-15-16(28)29-30(2,3)22-20(26)18(24)17(23)19(25)21(22)27/h4-15H2,1-3H3. The van der Waals surface area contributed by atoms with Gasteiger partial charge in [0.1, 0.15) is 0 Å². The molecule has 0 saturated heterocycles. The molecule has 8 heteroatoms. The maximum absolute atomic E-state index is 14.0. The minimum atomic E-state index is -3.66. The Labute approximate surface area is 177 Å². The van der Waals surface area contributed by atoms with Gasteiger partial charge in [0.15, 0.2) is 23.3 Å². The Morgan fingerprint density at radius 2 is 1.03 bits per heavy atom. The highest BCUT2D eigenvalue weighted by Crippen LogP contribution is 2.21. The van der Waals surface area contributed by atoms with Crippen LogP contribution in [0.15, 0.2) is 0 Å². The number of halogens is 5. The number of unbranched alkanes of at least 4 members (excludes halogenated alkanes) is 10. The number of hydrogen-bond acceptors (Lipinski definition) is 2. The van der Waals surface area contributed by atoms with Gasteiger partial charge in [-0.05, 0) is 19.5 Å². The minimum absolute atomic E-state index is 0.0584. The average molecular weight is 453 g/mol. The second-order valence-electron chi connectivity index (χ2n) is 8.21. The molecule has 0 aliphatic carbocycles. The molecule has 0 bridgehead atoms. The second-order valence-corrected chi connectivity index (χ2v) is 11.9. The Kier molecular flexibility index (Phi) is 11.6. The van der Waals surface area contributed by atoms with Crippen LogP contribution < -0.4 is 5.19 Å². The van der Waals surface area contributed by atoms with E-state index in [4.69, 9.17) is 4.43 Å². The first-order valence-corrected chi connectivity index (χ1v) is 13.8. The van der Waals surface area contributed by atoms with Gasteiger partial charge in [-0.3, -0.25) is 4.79 Å². The van der Waals surface area contributed by atoms with Crippen LogP contribution in [0.4, 0.5) is 22.0 Å². The molecule has 0 radical (unpaired) electrons. The fourth-order valence-electron chi connectivity index (χ4n) is 3.45. The molecule has 30 heavy (non-hydrogen) atoms. The van der Waals surface area contributed by atoms with Crippen molar-refractivity contribution in [3.8, 4) is 0 Å². The van der Waals surface area contributed by atoms with Gasteiger partial charge < -0.3 is 4.43 Å². The highest BCUT2D eigenvalue weighted by atomic mass is 28.4. The average Bonchev–Trinajstić information content (AvgIpc) is 2.68. The summed E-state index contributed by atoms with van der Waals surface area (Å²) >= 11 is 0. The highest BCUT2D eigenvalue weighted by Gasteiger charge is 2.40. The molecule has 1 aromatic rings. The van der Waals surface area contributed by atoms with Crippen molar-refractivity contribution < 1.29 is 31.2 Å². The molecule has 1 aromatic carbocycles. The smallest absolute Gasteiger partial charge is 0.292 e. The van der Waals surface area contributed by atoms with Crippen molar-refractivity contribution in [2.24, 2.45) is 0 Å². The van der Waals surface area contributed by atoms with Crippen molar-refractivity contribution in [3.63, 3.8) is 0 Å². The predicted octanol–water partition coefficient (Wildman–Crippen LogP) is 7.04. The zero-order valence-electron chi connectivity index (χ0n) is 18.2. The molecule has 0 fully saturated rings. The monoisotopic (exact) mass is 452 g/mol. The van der Waals surface area contributed by atoms with Crippen molar-refractivity contribution in [2.75, 3.05) is 0 Å². The summed E-state index contributed by atoms with van der Waals surface area (Å²) in [6.45, 7) is 4.67. The van der Waals surface area contributed by atoms with Crippen LogP contribution in [0.1, 0.15) is 84.0 Å². The lowest BCUT2D eigenvalue weighted by Gasteiger charge is -2.24. The third-order valence-electron chi connectivity index (χ3n) is 5.17. The third-order valence-corrected chi connectivity index (χ3v) is 7.55. The molecule has 2 nitrogen and oxygen atoms in total. The fourth-order valence-corrected chi connectivity index (χ4v) is 5.50. The van der Waals surface area contributed by atoms with E-state index < -0.39 is 48.6 Å². The van der Waals surface area contributed by atoms with Crippen LogP contribution in [0.25, 0.3) is 0 Å². The molecule has 0 heterocycles. The largest absolute Gasteiger partial charge is 0.515 e. The van der Waals surface area contributed by atoms with Crippen LogP contribution in [0.3, 0.4) is 0 Å². The second kappa shape index (κ2) is 13.1. The number of benzene rings is 1. The van der Waals surface area contributed by atoms with Crippen LogP contribution in [0.5, 0.6) is 0 Å². The molecule has 0 aromatic heterocycles. The lowest BCUT2D eigenvalue weighted by Crippen LogP contribution is -2.51. The fraction of sp³-hybridized carbons (Fsp3) is 0.682. The van der Waals surface area contributed by atoms with Crippen LogP contribution in [-0.2, 0) is 9.22 Å². The molecular weight excluding hydrogens is 419 g/mol. The summed E-state index contributed by atoms with van der Waals surface area (Å²) in [5.41, 5.74) is 0. The van der Waals surface area contributed by atoms with Crippen LogP contribution >= 0.6 is 0 Å². The van der Waals surface area contributed by atoms with Gasteiger partial charge in [-0.15, -0.1) is 0 Å². The van der Waals surface area contributed by atoms with Gasteiger partial charge in [-0.1, -0.05) is 71.1 Å². The van der Waals surface area contributed by atoms with Crippen molar-refractivity contribution >= 4 is 19.5 Å². The Balaban J connectivity index is 2.38. The van der Waals surface area contributed by atoms with Crippen LogP contribution in [0.2, 0.25) is 13.1 Å². The van der Waals surface area contributed by atoms with Crippen LogP contribution in [-0.4, -0.2) is 14.3 Å². The Bertz CT molecular complexity index is 666. The van der Waals surface area contributed by atoms with E-state index in [0.717, 1.165) is 25.7 Å². The van der Waals surface area contributed by atoms with E-state index in [9.17, 15) is 26.7 Å². The molecule has 1 rings (SSSR count). The normalized spacial score (nSPS) is 11.7. The zero-order chi connectivity index (χ0) is 22.7. The van der Waals surface area contributed by atoms with Crippen molar-refractivity contribution in [1.82, 2.24) is 0 Å². The SMILES string of the molecule is CCCCCCCCCCCCCC(=O)O[Si](C)(C)c1c(F)c(F)c(F)c(F)c1F. The van der Waals surface area contributed by atoms with Crippen LogP contribution in [0, 0.1) is 29.1 Å². The van der Waals surface area contributed by atoms with Gasteiger partial charge in [0.05, 0.1) is 5.19 Å². The summed E-state index contributed by atoms with van der Waals surface area (Å²) in [5.74, 6) is -10.8. The minimum Gasteiger partial charge on any atom is -0.515 e. The molecule has 0 aliphatic heterocycles. The maximum Gasteiger partial charge on any atom is 0.292 e. The Hall–Kier alpha value is -1.44. The lowest BCUT2D eigenvalue weighted by molar-refractivity contribution is -0.135. The highest BCUT2D eigenvalue weighted by molar-refractivity contribution is 6.85. The first-order chi connectivity index (χ1) is 14.1. The van der Waals surface area contributed by atoms with E-state index in [1.165, 1.54) is 51.6 Å². The summed E-state index contributed by atoms with van der Waals surface area (Å²) in [6, 6.07) is 0. The molecule has 0 aliphatic rings. The number of carbonyl (C=O) groups excluding carboxylic acids is 1. The summed E-state index contributed by atoms with van der Waals surface area (Å²) < 4.78 is 73.3. The van der Waals surface area contributed by atoms with Gasteiger partial charge >= 0.3 is 0 Å². The molecule has 0 N–H and O–H groups in total. The van der Waals surface area contributed by atoms with E-state index in [0.29, 0.717) is 6.42 Å². The number of carbonyl (C=O) groups is 1. The lowest BCUT2D eigenvalue weighted by atomic mass is 10.1. The number of rotatable bonds is 14. The summed E-state index contributed by atoms with van der Waals surface area (Å²) in [4.78, 5) is 12.1. The quantitative estimate of drug-likeness (QED) is 0.0995. The molecule has 0 amide bonds. The predicted molar refractivity (Wildman–Crippen MR) is 111 cm³/mol. The van der Waals surface area contributed by atoms with Gasteiger partial charge in [0, 0.05) is 6.42 Å². The first kappa shape index (κ1) is 26.6. The zero-order valence-corrected chi connectivity index (χ0v) is 19.2. The third kappa shape index (κ3) is 8.00. The van der Waals surface area contributed by atoms with Gasteiger partial charge in [-0.2, -0.15) is 0 Å². The van der Waals surface area contributed by atoms with Gasteiger partial charge in [0.2, 0.25) is 5.82 Å².